The van der Waals surface area contributed by atoms with Gasteiger partial charge in [-0.1, -0.05) is 39.8 Å². The Bertz CT molecular complexity index is 348. The highest BCUT2D eigenvalue weighted by Crippen LogP contribution is 2.19. The van der Waals surface area contributed by atoms with Gasteiger partial charge in [0.05, 0.1) is 0 Å². The van der Waals surface area contributed by atoms with Gasteiger partial charge in [-0.2, -0.15) is 0 Å². The van der Waals surface area contributed by atoms with E-state index in [-0.39, 0.29) is 5.82 Å². The monoisotopic (exact) mass is 265 g/mol. The topological polar surface area (TPSA) is 12.0 Å². The Morgan fingerprint density at radius 1 is 0.947 bits per heavy atom. The van der Waals surface area contributed by atoms with Crippen LogP contribution in [0.15, 0.2) is 24.3 Å². The van der Waals surface area contributed by atoms with Crippen molar-refractivity contribution in [3.63, 3.8) is 0 Å². The lowest BCUT2D eigenvalue weighted by atomic mass is 9.85. The van der Waals surface area contributed by atoms with Crippen LogP contribution in [0.3, 0.4) is 0 Å². The van der Waals surface area contributed by atoms with E-state index in [1.54, 1.807) is 0 Å². The second-order valence-electron chi connectivity index (χ2n) is 6.29. The average molecular weight is 265 g/mol. The standard InChI is InChI=1S/C17H28FN/c1-12(2)17(13(3)4)11-19-14(5)10-15-6-8-16(18)9-7-15/h6-9,12-14,17,19H,10-11H2,1-5H3. The fraction of sp³-hybridized carbons (Fsp3) is 0.647. The molecule has 0 aliphatic rings. The molecule has 0 saturated carbocycles. The molecule has 108 valence electrons. The lowest BCUT2D eigenvalue weighted by Crippen LogP contribution is -2.36. The Morgan fingerprint density at radius 3 is 1.95 bits per heavy atom. The lowest BCUT2D eigenvalue weighted by molar-refractivity contribution is 0.267. The van der Waals surface area contributed by atoms with Crippen LogP contribution in [-0.2, 0) is 6.42 Å². The molecular weight excluding hydrogens is 237 g/mol. The molecule has 0 aromatic heterocycles. The van der Waals surface area contributed by atoms with E-state index in [1.165, 1.54) is 17.7 Å². The first kappa shape index (κ1) is 16.2. The minimum absolute atomic E-state index is 0.163. The maximum Gasteiger partial charge on any atom is 0.123 e. The molecule has 1 aromatic rings. The summed E-state index contributed by atoms with van der Waals surface area (Å²) < 4.78 is 12.8. The van der Waals surface area contributed by atoms with Gasteiger partial charge in [0.1, 0.15) is 5.82 Å². The number of benzene rings is 1. The minimum Gasteiger partial charge on any atom is -0.314 e. The number of nitrogens with one attached hydrogen (secondary N) is 1. The number of hydrogen-bond donors (Lipinski definition) is 1. The molecular formula is C17H28FN. The van der Waals surface area contributed by atoms with E-state index in [1.807, 2.05) is 12.1 Å². The van der Waals surface area contributed by atoms with Gasteiger partial charge < -0.3 is 5.32 Å². The van der Waals surface area contributed by atoms with Crippen molar-refractivity contribution in [3.8, 4) is 0 Å². The second kappa shape index (κ2) is 7.64. The third kappa shape index (κ3) is 5.73. The van der Waals surface area contributed by atoms with Crippen molar-refractivity contribution in [1.82, 2.24) is 5.32 Å². The van der Waals surface area contributed by atoms with E-state index < -0.39 is 0 Å². The zero-order valence-corrected chi connectivity index (χ0v) is 12.9. The first-order valence-corrected chi connectivity index (χ1v) is 7.38. The Morgan fingerprint density at radius 2 is 1.47 bits per heavy atom. The van der Waals surface area contributed by atoms with Gasteiger partial charge in [0.15, 0.2) is 0 Å². The van der Waals surface area contributed by atoms with Crippen LogP contribution < -0.4 is 5.32 Å². The second-order valence-corrected chi connectivity index (χ2v) is 6.29. The van der Waals surface area contributed by atoms with Gasteiger partial charge in [0.2, 0.25) is 0 Å². The normalized spacial score (nSPS) is 13.5. The van der Waals surface area contributed by atoms with Crippen LogP contribution in [0.1, 0.15) is 40.2 Å². The maximum absolute atomic E-state index is 12.8. The highest BCUT2D eigenvalue weighted by Gasteiger charge is 2.17. The largest absolute Gasteiger partial charge is 0.314 e. The van der Waals surface area contributed by atoms with Gasteiger partial charge >= 0.3 is 0 Å². The van der Waals surface area contributed by atoms with Gasteiger partial charge in [-0.3, -0.25) is 0 Å². The third-order valence-electron chi connectivity index (χ3n) is 3.87. The SMILES string of the molecule is CC(Cc1ccc(F)cc1)NCC(C(C)C)C(C)C. The molecule has 0 saturated heterocycles. The molecule has 2 heteroatoms. The number of hydrogen-bond acceptors (Lipinski definition) is 1. The molecule has 0 amide bonds. The van der Waals surface area contributed by atoms with Crippen molar-refractivity contribution in [1.29, 1.82) is 0 Å². The molecule has 0 aliphatic heterocycles. The van der Waals surface area contributed by atoms with E-state index in [0.717, 1.165) is 13.0 Å². The molecule has 1 rings (SSSR count). The molecule has 1 N–H and O–H groups in total. The van der Waals surface area contributed by atoms with Crippen LogP contribution in [0.4, 0.5) is 4.39 Å². The smallest absolute Gasteiger partial charge is 0.123 e. The summed E-state index contributed by atoms with van der Waals surface area (Å²) in [7, 11) is 0. The summed E-state index contributed by atoms with van der Waals surface area (Å²) in [5.41, 5.74) is 1.19. The van der Waals surface area contributed by atoms with E-state index >= 15 is 0 Å². The molecule has 0 bridgehead atoms. The molecule has 1 nitrogen and oxygen atoms in total. The summed E-state index contributed by atoms with van der Waals surface area (Å²) in [5, 5.41) is 3.61. The van der Waals surface area contributed by atoms with Gasteiger partial charge in [-0.05, 0) is 55.3 Å². The van der Waals surface area contributed by atoms with Crippen molar-refractivity contribution < 1.29 is 4.39 Å². The summed E-state index contributed by atoms with van der Waals surface area (Å²) in [5.74, 6) is 1.94. The number of halogens is 1. The van der Waals surface area contributed by atoms with Crippen LogP contribution in [-0.4, -0.2) is 12.6 Å². The first-order chi connectivity index (χ1) is 8.90. The summed E-state index contributed by atoms with van der Waals surface area (Å²) in [4.78, 5) is 0. The van der Waals surface area contributed by atoms with Crippen molar-refractivity contribution in [2.45, 2.75) is 47.1 Å². The summed E-state index contributed by atoms with van der Waals surface area (Å²) >= 11 is 0. The molecule has 1 unspecified atom stereocenters. The molecule has 0 radical (unpaired) electrons. The zero-order chi connectivity index (χ0) is 14.4. The van der Waals surface area contributed by atoms with Crippen LogP contribution in [0, 0.1) is 23.6 Å². The van der Waals surface area contributed by atoms with Gasteiger partial charge in [-0.15, -0.1) is 0 Å². The Balaban J connectivity index is 2.42. The highest BCUT2D eigenvalue weighted by molar-refractivity contribution is 5.16. The maximum atomic E-state index is 12.8. The summed E-state index contributed by atoms with van der Waals surface area (Å²) in [6.45, 7) is 12.4. The van der Waals surface area contributed by atoms with Gasteiger partial charge in [0, 0.05) is 6.04 Å². The zero-order valence-electron chi connectivity index (χ0n) is 12.9. The Kier molecular flexibility index (Phi) is 6.50. The van der Waals surface area contributed by atoms with Gasteiger partial charge in [-0.25, -0.2) is 4.39 Å². The van der Waals surface area contributed by atoms with Crippen LogP contribution >= 0.6 is 0 Å². The quantitative estimate of drug-likeness (QED) is 0.776. The predicted octanol–water partition coefficient (Wildman–Crippen LogP) is 4.27. The molecule has 0 spiro atoms. The van der Waals surface area contributed by atoms with E-state index in [2.05, 4.69) is 39.9 Å². The third-order valence-corrected chi connectivity index (χ3v) is 3.87. The summed E-state index contributed by atoms with van der Waals surface area (Å²) in [6.07, 6.45) is 0.948. The van der Waals surface area contributed by atoms with Crippen LogP contribution in [0.25, 0.3) is 0 Å². The predicted molar refractivity (Wildman–Crippen MR) is 80.7 cm³/mol. The van der Waals surface area contributed by atoms with E-state index in [0.29, 0.717) is 23.8 Å². The van der Waals surface area contributed by atoms with Crippen molar-refractivity contribution in [2.24, 2.45) is 17.8 Å². The fourth-order valence-corrected chi connectivity index (χ4v) is 2.62. The van der Waals surface area contributed by atoms with E-state index in [4.69, 9.17) is 0 Å². The first-order valence-electron chi connectivity index (χ1n) is 7.38. The highest BCUT2D eigenvalue weighted by atomic mass is 19.1. The summed E-state index contributed by atoms with van der Waals surface area (Å²) in [6, 6.07) is 7.23. The van der Waals surface area contributed by atoms with Crippen LogP contribution in [0.5, 0.6) is 0 Å². The lowest BCUT2D eigenvalue weighted by Gasteiger charge is -2.27. The molecule has 0 fully saturated rings. The number of rotatable bonds is 7. The molecule has 0 aliphatic carbocycles. The van der Waals surface area contributed by atoms with Gasteiger partial charge in [0.25, 0.3) is 0 Å². The van der Waals surface area contributed by atoms with Crippen molar-refractivity contribution >= 4 is 0 Å². The molecule has 1 aromatic carbocycles. The Hall–Kier alpha value is -0.890. The fourth-order valence-electron chi connectivity index (χ4n) is 2.62. The Labute approximate surface area is 117 Å². The van der Waals surface area contributed by atoms with Crippen molar-refractivity contribution in [3.05, 3.63) is 35.6 Å². The molecule has 19 heavy (non-hydrogen) atoms. The molecule has 1 atom stereocenters. The van der Waals surface area contributed by atoms with Crippen LogP contribution in [0.2, 0.25) is 0 Å². The van der Waals surface area contributed by atoms with E-state index in [9.17, 15) is 4.39 Å². The minimum atomic E-state index is -0.163. The average Bonchev–Trinajstić information content (AvgIpc) is 2.31. The van der Waals surface area contributed by atoms with Crippen molar-refractivity contribution in [2.75, 3.05) is 6.54 Å². The molecule has 0 heterocycles.